The van der Waals surface area contributed by atoms with Crippen molar-refractivity contribution >= 4 is 11.5 Å². The van der Waals surface area contributed by atoms with E-state index in [1.807, 2.05) is 28.8 Å². The van der Waals surface area contributed by atoms with Crippen molar-refractivity contribution in [2.75, 3.05) is 12.4 Å². The van der Waals surface area contributed by atoms with Crippen LogP contribution in [0.1, 0.15) is 5.56 Å². The number of hydrogen-bond acceptors (Lipinski definition) is 3. The molecule has 0 aliphatic carbocycles. The predicted octanol–water partition coefficient (Wildman–Crippen LogP) is 1.04. The van der Waals surface area contributed by atoms with Crippen molar-refractivity contribution in [3.63, 3.8) is 0 Å². The Balaban J connectivity index is 2.97. The normalized spacial score (nSPS) is 10.4. The van der Waals surface area contributed by atoms with Crippen molar-refractivity contribution in [1.82, 2.24) is 9.38 Å². The third-order valence-electron chi connectivity index (χ3n) is 2.22. The summed E-state index contributed by atoms with van der Waals surface area (Å²) in [5.74, 6) is 0.566. The summed E-state index contributed by atoms with van der Waals surface area (Å²) in [6, 6.07) is 5.71. The van der Waals surface area contributed by atoms with Crippen molar-refractivity contribution in [1.29, 1.82) is 0 Å². The highest BCUT2D eigenvalue weighted by atomic mass is 16.1. The molecular weight excluding hydrogens is 178 g/mol. The lowest BCUT2D eigenvalue weighted by Gasteiger charge is -2.08. The lowest BCUT2D eigenvalue weighted by atomic mass is 10.2. The van der Waals surface area contributed by atoms with E-state index >= 15 is 0 Å². The van der Waals surface area contributed by atoms with Gasteiger partial charge in [-0.1, -0.05) is 6.07 Å². The molecule has 0 fully saturated rings. The van der Waals surface area contributed by atoms with Crippen LogP contribution in [0.4, 0.5) is 5.95 Å². The second kappa shape index (κ2) is 3.14. The molecule has 14 heavy (non-hydrogen) atoms. The smallest absolute Gasteiger partial charge is 0.277 e. The van der Waals surface area contributed by atoms with Crippen LogP contribution < -0.4 is 10.9 Å². The van der Waals surface area contributed by atoms with Gasteiger partial charge in [0.1, 0.15) is 0 Å². The third-order valence-corrected chi connectivity index (χ3v) is 2.22. The van der Waals surface area contributed by atoms with Gasteiger partial charge in [-0.2, -0.15) is 4.98 Å². The number of pyridine rings is 1. The number of aryl methyl sites for hydroxylation is 1. The van der Waals surface area contributed by atoms with Gasteiger partial charge in [-0.05, 0) is 19.1 Å². The summed E-state index contributed by atoms with van der Waals surface area (Å²) in [5.41, 5.74) is 1.38. The molecule has 0 spiro atoms. The first-order chi connectivity index (χ1) is 6.74. The van der Waals surface area contributed by atoms with Gasteiger partial charge in [0.25, 0.3) is 5.56 Å². The highest BCUT2D eigenvalue weighted by Crippen LogP contribution is 2.09. The van der Waals surface area contributed by atoms with E-state index in [-0.39, 0.29) is 5.56 Å². The van der Waals surface area contributed by atoms with Gasteiger partial charge in [-0.3, -0.25) is 9.20 Å². The van der Waals surface area contributed by atoms with Crippen LogP contribution in [0.25, 0.3) is 5.52 Å². The van der Waals surface area contributed by atoms with Crippen molar-refractivity contribution in [2.45, 2.75) is 6.92 Å². The monoisotopic (exact) mass is 189 g/mol. The highest BCUT2D eigenvalue weighted by molar-refractivity contribution is 5.56. The standard InChI is InChI=1S/C10H11N3O/c1-7-8-5-3-4-6-13(8)10(11-2)12-9(7)14/h3-6H,1-2H3,(H,11,12,14). The molecule has 2 aromatic rings. The molecule has 0 aliphatic heterocycles. The molecule has 0 aromatic carbocycles. The van der Waals surface area contributed by atoms with E-state index in [0.717, 1.165) is 5.52 Å². The topological polar surface area (TPSA) is 46.4 Å². The first-order valence-electron chi connectivity index (χ1n) is 4.40. The molecular formula is C10H11N3O. The van der Waals surface area contributed by atoms with Gasteiger partial charge < -0.3 is 5.32 Å². The Bertz CT molecular complexity index is 530. The van der Waals surface area contributed by atoms with E-state index in [1.165, 1.54) is 0 Å². The Kier molecular flexibility index (Phi) is 1.96. The van der Waals surface area contributed by atoms with Gasteiger partial charge in [-0.15, -0.1) is 0 Å². The van der Waals surface area contributed by atoms with Crippen LogP contribution in [0.3, 0.4) is 0 Å². The zero-order valence-corrected chi connectivity index (χ0v) is 8.11. The zero-order valence-electron chi connectivity index (χ0n) is 8.11. The Morgan fingerprint density at radius 1 is 1.43 bits per heavy atom. The quantitative estimate of drug-likeness (QED) is 0.729. The fourth-order valence-electron chi connectivity index (χ4n) is 1.45. The molecule has 0 aliphatic rings. The van der Waals surface area contributed by atoms with Crippen LogP contribution in [-0.4, -0.2) is 16.4 Å². The summed E-state index contributed by atoms with van der Waals surface area (Å²) < 4.78 is 1.86. The largest absolute Gasteiger partial charge is 0.358 e. The summed E-state index contributed by atoms with van der Waals surface area (Å²) in [7, 11) is 1.75. The van der Waals surface area contributed by atoms with E-state index in [4.69, 9.17) is 0 Å². The van der Waals surface area contributed by atoms with E-state index in [1.54, 1.807) is 14.0 Å². The number of nitrogens with zero attached hydrogens (tertiary/aromatic N) is 2. The van der Waals surface area contributed by atoms with Crippen LogP contribution in [0.15, 0.2) is 29.2 Å². The summed E-state index contributed by atoms with van der Waals surface area (Å²) >= 11 is 0. The Hall–Kier alpha value is -1.84. The minimum Gasteiger partial charge on any atom is -0.358 e. The van der Waals surface area contributed by atoms with Crippen LogP contribution >= 0.6 is 0 Å². The lowest BCUT2D eigenvalue weighted by molar-refractivity contribution is 1.02. The molecule has 0 bridgehead atoms. The summed E-state index contributed by atoms with van der Waals surface area (Å²) in [5, 5.41) is 2.89. The fraction of sp³-hybridized carbons (Fsp3) is 0.200. The molecule has 1 N–H and O–H groups in total. The maximum Gasteiger partial charge on any atom is 0.277 e. The molecule has 72 valence electrons. The molecule has 0 radical (unpaired) electrons. The zero-order chi connectivity index (χ0) is 10.1. The van der Waals surface area contributed by atoms with Crippen LogP contribution in [0, 0.1) is 6.92 Å². The second-order valence-electron chi connectivity index (χ2n) is 3.07. The number of nitrogens with one attached hydrogen (secondary N) is 1. The van der Waals surface area contributed by atoms with Gasteiger partial charge >= 0.3 is 0 Å². The minimum absolute atomic E-state index is 0.180. The number of hydrogen-bond donors (Lipinski definition) is 1. The first kappa shape index (κ1) is 8.74. The van der Waals surface area contributed by atoms with Crippen molar-refractivity contribution in [3.05, 3.63) is 40.3 Å². The molecule has 0 amide bonds. The SMILES string of the molecule is CNc1nc(=O)c(C)c2ccccn12. The van der Waals surface area contributed by atoms with Gasteiger partial charge in [0.2, 0.25) is 5.95 Å². The molecule has 0 unspecified atom stereocenters. The lowest BCUT2D eigenvalue weighted by Crippen LogP contribution is -2.16. The van der Waals surface area contributed by atoms with Gasteiger partial charge in [0.15, 0.2) is 0 Å². The third kappa shape index (κ3) is 1.16. The maximum atomic E-state index is 11.4. The van der Waals surface area contributed by atoms with E-state index < -0.39 is 0 Å². The average molecular weight is 189 g/mol. The van der Waals surface area contributed by atoms with E-state index in [9.17, 15) is 4.79 Å². The molecule has 2 heterocycles. The Morgan fingerprint density at radius 2 is 2.21 bits per heavy atom. The number of anilines is 1. The van der Waals surface area contributed by atoms with Crippen molar-refractivity contribution < 1.29 is 0 Å². The predicted molar refractivity (Wildman–Crippen MR) is 55.7 cm³/mol. The van der Waals surface area contributed by atoms with E-state index in [0.29, 0.717) is 11.5 Å². The van der Waals surface area contributed by atoms with Gasteiger partial charge in [0, 0.05) is 18.8 Å². The summed E-state index contributed by atoms with van der Waals surface area (Å²) in [6.45, 7) is 1.78. The number of fused-ring (bicyclic) bond motifs is 1. The Labute approximate surface area is 81.2 Å². The average Bonchev–Trinajstić information content (AvgIpc) is 2.23. The number of aromatic nitrogens is 2. The summed E-state index contributed by atoms with van der Waals surface area (Å²) in [4.78, 5) is 15.4. The maximum absolute atomic E-state index is 11.4. The number of rotatable bonds is 1. The van der Waals surface area contributed by atoms with E-state index in [2.05, 4.69) is 10.3 Å². The molecule has 2 rings (SSSR count). The fourth-order valence-corrected chi connectivity index (χ4v) is 1.45. The molecule has 0 saturated heterocycles. The molecule has 4 nitrogen and oxygen atoms in total. The molecule has 2 aromatic heterocycles. The Morgan fingerprint density at radius 3 is 2.93 bits per heavy atom. The second-order valence-corrected chi connectivity index (χ2v) is 3.07. The van der Waals surface area contributed by atoms with Crippen LogP contribution in [-0.2, 0) is 0 Å². The van der Waals surface area contributed by atoms with Gasteiger partial charge in [0.05, 0.1) is 5.52 Å². The van der Waals surface area contributed by atoms with Gasteiger partial charge in [-0.25, -0.2) is 0 Å². The molecule has 4 heteroatoms. The highest BCUT2D eigenvalue weighted by Gasteiger charge is 2.04. The van der Waals surface area contributed by atoms with Crippen molar-refractivity contribution in [2.24, 2.45) is 0 Å². The minimum atomic E-state index is -0.180. The molecule has 0 atom stereocenters. The van der Waals surface area contributed by atoms with Crippen LogP contribution in [0.5, 0.6) is 0 Å². The molecule has 0 saturated carbocycles. The van der Waals surface area contributed by atoms with Crippen LogP contribution in [0.2, 0.25) is 0 Å². The first-order valence-corrected chi connectivity index (χ1v) is 4.40. The van der Waals surface area contributed by atoms with Crippen molar-refractivity contribution in [3.8, 4) is 0 Å². The summed E-state index contributed by atoms with van der Waals surface area (Å²) in [6.07, 6.45) is 1.88.